The number of hydrogen-bond acceptors (Lipinski definition) is 5. The molecule has 0 aliphatic heterocycles. The summed E-state index contributed by atoms with van der Waals surface area (Å²) in [6.45, 7) is 0. The maximum atomic E-state index is 12.7. The van der Waals surface area contributed by atoms with Crippen molar-refractivity contribution < 1.29 is 23.1 Å². The normalized spacial score (nSPS) is 14.0. The van der Waals surface area contributed by atoms with Gasteiger partial charge in [0.25, 0.3) is 10.8 Å². The molecule has 2 aromatic rings. The summed E-state index contributed by atoms with van der Waals surface area (Å²) < 4.78 is 30.4. The Balaban J connectivity index is 2.47. The molecule has 1 unspecified atom stereocenters. The number of amides is 1. The van der Waals surface area contributed by atoms with Crippen molar-refractivity contribution in [2.24, 2.45) is 5.73 Å². The van der Waals surface area contributed by atoms with E-state index in [2.05, 4.69) is 0 Å². The third-order valence-corrected chi connectivity index (χ3v) is 5.61. The predicted molar refractivity (Wildman–Crippen MR) is 84.5 cm³/mol. The van der Waals surface area contributed by atoms with Gasteiger partial charge in [-0.25, -0.2) is 8.42 Å². The number of ether oxygens (including phenoxy) is 1. The van der Waals surface area contributed by atoms with Crippen LogP contribution in [0, 0.1) is 0 Å². The van der Waals surface area contributed by atoms with E-state index >= 15 is 0 Å². The molecule has 0 saturated heterocycles. The lowest BCUT2D eigenvalue weighted by atomic mass is 10.1. The number of nitrogens with two attached hydrogens (primary N) is 1. The smallest absolute Gasteiger partial charge is 0.266 e. The van der Waals surface area contributed by atoms with Crippen molar-refractivity contribution in [1.29, 1.82) is 0 Å². The van der Waals surface area contributed by atoms with E-state index in [-0.39, 0.29) is 4.90 Å². The summed E-state index contributed by atoms with van der Waals surface area (Å²) >= 11 is 0. The second-order valence-corrected chi connectivity index (χ2v) is 7.14. The molecule has 0 spiro atoms. The van der Waals surface area contributed by atoms with Gasteiger partial charge in [0.1, 0.15) is 5.75 Å². The lowest BCUT2D eigenvalue weighted by molar-refractivity contribution is -0.128. The number of hydrogen-bond donors (Lipinski definition) is 2. The van der Waals surface area contributed by atoms with Crippen LogP contribution in [0.4, 0.5) is 0 Å². The molecule has 7 heteroatoms. The number of carbonyl (C=O) groups is 1. The largest absolute Gasteiger partial charge is 0.497 e. The monoisotopic (exact) mass is 335 g/mol. The van der Waals surface area contributed by atoms with E-state index in [1.54, 1.807) is 30.3 Å². The fourth-order valence-corrected chi connectivity index (χ4v) is 3.64. The maximum Gasteiger partial charge on any atom is 0.266 e. The van der Waals surface area contributed by atoms with Crippen LogP contribution < -0.4 is 10.5 Å². The molecule has 0 aliphatic rings. The average molecular weight is 335 g/mol. The summed E-state index contributed by atoms with van der Waals surface area (Å²) in [6.07, 6.45) is -0.433. The fourth-order valence-electron chi connectivity index (χ4n) is 2.14. The molecule has 3 N–H and O–H groups in total. The number of rotatable bonds is 6. The van der Waals surface area contributed by atoms with Crippen molar-refractivity contribution in [2.45, 2.75) is 16.2 Å². The van der Waals surface area contributed by atoms with Crippen LogP contribution in [-0.2, 0) is 21.1 Å². The van der Waals surface area contributed by atoms with Crippen LogP contribution >= 0.6 is 0 Å². The molecule has 6 nitrogen and oxygen atoms in total. The molecule has 0 aliphatic carbocycles. The van der Waals surface area contributed by atoms with Crippen LogP contribution in [0.2, 0.25) is 0 Å². The van der Waals surface area contributed by atoms with E-state index in [0.29, 0.717) is 11.3 Å². The van der Waals surface area contributed by atoms with Crippen LogP contribution in [0.15, 0.2) is 59.5 Å². The van der Waals surface area contributed by atoms with Crippen molar-refractivity contribution in [2.75, 3.05) is 7.11 Å². The average Bonchev–Trinajstić information content (AvgIpc) is 2.55. The van der Waals surface area contributed by atoms with Crippen molar-refractivity contribution in [1.82, 2.24) is 0 Å². The minimum atomic E-state index is -4.40. The summed E-state index contributed by atoms with van der Waals surface area (Å²) in [5.41, 5.74) is 5.68. The van der Waals surface area contributed by atoms with E-state index in [1.165, 1.54) is 31.4 Å². The van der Waals surface area contributed by atoms with Gasteiger partial charge in [0, 0.05) is 6.42 Å². The van der Waals surface area contributed by atoms with E-state index in [1.807, 2.05) is 0 Å². The predicted octanol–water partition coefficient (Wildman–Crippen LogP) is 0.886. The third kappa shape index (κ3) is 3.20. The highest BCUT2D eigenvalue weighted by Gasteiger charge is 2.48. The minimum Gasteiger partial charge on any atom is -0.497 e. The van der Waals surface area contributed by atoms with Crippen molar-refractivity contribution in [3.63, 3.8) is 0 Å². The van der Waals surface area contributed by atoms with Gasteiger partial charge in [-0.1, -0.05) is 30.3 Å². The fraction of sp³-hybridized carbons (Fsp3) is 0.188. The summed E-state index contributed by atoms with van der Waals surface area (Å²) in [7, 11) is -2.95. The summed E-state index contributed by atoms with van der Waals surface area (Å²) in [5.74, 6) is -0.869. The van der Waals surface area contributed by atoms with Crippen LogP contribution in [0.25, 0.3) is 0 Å². The summed E-state index contributed by atoms with van der Waals surface area (Å²) in [4.78, 5) is 8.79. The van der Waals surface area contributed by atoms with Crippen molar-refractivity contribution >= 4 is 15.7 Å². The minimum absolute atomic E-state index is 0.212. The number of sulfone groups is 1. The molecule has 0 heterocycles. The summed E-state index contributed by atoms with van der Waals surface area (Å²) in [6, 6.07) is 13.7. The molecule has 0 radical (unpaired) electrons. The Hall–Kier alpha value is -2.38. The van der Waals surface area contributed by atoms with Crippen LogP contribution in [0.5, 0.6) is 5.75 Å². The number of primary amides is 1. The van der Waals surface area contributed by atoms with E-state index in [0.717, 1.165) is 0 Å². The lowest BCUT2D eigenvalue weighted by Crippen LogP contribution is -2.52. The first-order chi connectivity index (χ1) is 10.8. The quantitative estimate of drug-likeness (QED) is 0.815. The van der Waals surface area contributed by atoms with Gasteiger partial charge in [-0.3, -0.25) is 4.79 Å². The molecule has 0 bridgehead atoms. The topological polar surface area (TPSA) is 107 Å². The van der Waals surface area contributed by atoms with Gasteiger partial charge in [0.2, 0.25) is 9.84 Å². The number of benzene rings is 2. The SMILES string of the molecule is COc1ccc(S(=O)(=O)C(O)(Cc2ccccc2)C(N)=O)cc1. The Labute approximate surface area is 134 Å². The lowest BCUT2D eigenvalue weighted by Gasteiger charge is -2.24. The Morgan fingerprint density at radius 3 is 2.17 bits per heavy atom. The third-order valence-electron chi connectivity index (χ3n) is 3.49. The Bertz CT molecular complexity index is 787. The first-order valence-corrected chi connectivity index (χ1v) is 8.24. The van der Waals surface area contributed by atoms with Gasteiger partial charge in [0.05, 0.1) is 12.0 Å². The second kappa shape index (κ2) is 6.39. The first kappa shape index (κ1) is 17.0. The number of aliphatic hydroxyl groups is 1. The van der Waals surface area contributed by atoms with E-state index in [4.69, 9.17) is 10.5 Å². The standard InChI is InChI=1S/C16H17NO5S/c1-22-13-7-9-14(10-8-13)23(20,21)16(19,15(17)18)11-12-5-3-2-4-6-12/h2-10,19H,11H2,1H3,(H2,17,18). The van der Waals surface area contributed by atoms with E-state index in [9.17, 15) is 18.3 Å². The second-order valence-electron chi connectivity index (χ2n) is 4.99. The van der Waals surface area contributed by atoms with Gasteiger partial charge in [-0.05, 0) is 29.8 Å². The molecule has 0 saturated carbocycles. The molecular formula is C16H17NO5S. The van der Waals surface area contributed by atoms with Gasteiger partial charge in [-0.15, -0.1) is 0 Å². The molecule has 122 valence electrons. The zero-order chi connectivity index (χ0) is 17.1. The Morgan fingerprint density at radius 1 is 1.13 bits per heavy atom. The number of carbonyl (C=O) groups excluding carboxylic acids is 1. The highest BCUT2D eigenvalue weighted by Crippen LogP contribution is 2.28. The molecule has 2 rings (SSSR count). The van der Waals surface area contributed by atoms with Gasteiger partial charge < -0.3 is 15.6 Å². The van der Waals surface area contributed by atoms with E-state index < -0.39 is 27.1 Å². The Morgan fingerprint density at radius 2 is 1.70 bits per heavy atom. The van der Waals surface area contributed by atoms with Gasteiger partial charge in [0.15, 0.2) is 0 Å². The summed E-state index contributed by atoms with van der Waals surface area (Å²) in [5, 5.41) is 10.6. The van der Waals surface area contributed by atoms with Gasteiger partial charge in [-0.2, -0.15) is 0 Å². The molecule has 1 atom stereocenters. The highest BCUT2D eigenvalue weighted by molar-refractivity contribution is 7.93. The van der Waals surface area contributed by atoms with Crippen molar-refractivity contribution in [3.8, 4) is 5.75 Å². The van der Waals surface area contributed by atoms with Crippen molar-refractivity contribution in [3.05, 3.63) is 60.2 Å². The zero-order valence-electron chi connectivity index (χ0n) is 12.5. The van der Waals surface area contributed by atoms with Crippen LogP contribution in [0.1, 0.15) is 5.56 Å². The van der Waals surface area contributed by atoms with Crippen LogP contribution in [0.3, 0.4) is 0 Å². The number of methoxy groups -OCH3 is 1. The Kier molecular flexibility index (Phi) is 4.72. The molecular weight excluding hydrogens is 318 g/mol. The first-order valence-electron chi connectivity index (χ1n) is 6.76. The molecule has 1 amide bonds. The molecule has 2 aromatic carbocycles. The molecule has 0 aromatic heterocycles. The molecule has 23 heavy (non-hydrogen) atoms. The molecule has 0 fully saturated rings. The van der Waals surface area contributed by atoms with Gasteiger partial charge >= 0.3 is 0 Å². The maximum absolute atomic E-state index is 12.7. The van der Waals surface area contributed by atoms with Crippen LogP contribution in [-0.4, -0.2) is 31.5 Å². The highest BCUT2D eigenvalue weighted by atomic mass is 32.2. The zero-order valence-corrected chi connectivity index (χ0v) is 13.3.